The van der Waals surface area contributed by atoms with Crippen molar-refractivity contribution in [2.75, 3.05) is 20.2 Å². The van der Waals surface area contributed by atoms with Crippen LogP contribution in [0.5, 0.6) is 5.75 Å². The van der Waals surface area contributed by atoms with Gasteiger partial charge in [-0.05, 0) is 43.5 Å². The van der Waals surface area contributed by atoms with Gasteiger partial charge in [0, 0.05) is 38.2 Å². The lowest BCUT2D eigenvalue weighted by Crippen LogP contribution is -2.49. The molecular formula is C33H35FN4O8S. The van der Waals surface area contributed by atoms with Crippen LogP contribution in [0.4, 0.5) is 4.39 Å². The van der Waals surface area contributed by atoms with Crippen LogP contribution in [-0.2, 0) is 38.6 Å². The summed E-state index contributed by atoms with van der Waals surface area (Å²) in [7, 11) is 1.25. The minimum atomic E-state index is -1.45. The lowest BCUT2D eigenvalue weighted by Gasteiger charge is -2.35. The third-order valence-corrected chi connectivity index (χ3v) is 8.62. The summed E-state index contributed by atoms with van der Waals surface area (Å²) in [5.41, 5.74) is 0.262. The average molecular weight is 667 g/mol. The van der Waals surface area contributed by atoms with Crippen molar-refractivity contribution >= 4 is 34.8 Å². The molecule has 1 fully saturated rings. The molecule has 3 heterocycles. The van der Waals surface area contributed by atoms with Crippen LogP contribution in [0.3, 0.4) is 0 Å². The predicted molar refractivity (Wildman–Crippen MR) is 171 cm³/mol. The molecule has 1 aliphatic rings. The first-order valence-corrected chi connectivity index (χ1v) is 15.8. The minimum Gasteiger partial charge on any atom is -0.481 e. The molecule has 47 heavy (non-hydrogen) atoms. The molecule has 1 N–H and O–H groups in total. The van der Waals surface area contributed by atoms with Gasteiger partial charge in [-0.15, -0.1) is 0 Å². The van der Waals surface area contributed by atoms with E-state index in [0.717, 1.165) is 11.6 Å². The van der Waals surface area contributed by atoms with Gasteiger partial charge in [-0.1, -0.05) is 48.2 Å². The average Bonchev–Trinajstić information content (AvgIpc) is 3.46. The number of hydrogen-bond acceptors (Lipinski definition) is 10. The van der Waals surface area contributed by atoms with Gasteiger partial charge in [0.05, 0.1) is 17.5 Å². The van der Waals surface area contributed by atoms with E-state index in [-0.39, 0.29) is 60.5 Å². The van der Waals surface area contributed by atoms with E-state index in [1.165, 1.54) is 40.6 Å². The second-order valence-corrected chi connectivity index (χ2v) is 12.4. The first-order chi connectivity index (χ1) is 22.6. The van der Waals surface area contributed by atoms with Crippen molar-refractivity contribution in [2.24, 2.45) is 0 Å². The van der Waals surface area contributed by atoms with Crippen molar-refractivity contribution in [2.45, 2.75) is 57.2 Å². The maximum Gasteiger partial charge on any atom is 0.302 e. The van der Waals surface area contributed by atoms with Crippen LogP contribution in [0.25, 0.3) is 5.78 Å². The third-order valence-electron chi connectivity index (χ3n) is 7.63. The maximum atomic E-state index is 13.9. The normalized spacial score (nSPS) is 17.8. The van der Waals surface area contributed by atoms with Crippen LogP contribution in [0, 0.1) is 5.82 Å². The number of amides is 1. The van der Waals surface area contributed by atoms with Crippen molar-refractivity contribution < 1.29 is 38.1 Å². The molecule has 0 saturated carbocycles. The van der Waals surface area contributed by atoms with Crippen molar-refractivity contribution in [3.05, 3.63) is 99.5 Å². The molecule has 2 aromatic heterocycles. The zero-order valence-electron chi connectivity index (χ0n) is 26.1. The van der Waals surface area contributed by atoms with Gasteiger partial charge in [0.15, 0.2) is 12.0 Å². The standard InChI is InChI=1S/C33H35FN4O8S/c1-20-15-37(16-21(2)46-20)27(40)17-36-11-12-38-30(41)29(45-19-22-7-5-4-6-8-22)28(35-33(36)38)32(43)47-25(18-39)13-23-9-10-24(34)14-26(23)31(42)44-3/h4-12,14,18,20-21,25,31,42H,13,15-17,19H2,1-3H3. The number of morpholine rings is 1. The number of halogens is 1. The van der Waals surface area contributed by atoms with Gasteiger partial charge in [-0.3, -0.25) is 14.4 Å². The van der Waals surface area contributed by atoms with Gasteiger partial charge in [-0.25, -0.2) is 13.8 Å². The first kappa shape index (κ1) is 34.0. The fourth-order valence-electron chi connectivity index (χ4n) is 5.44. The highest BCUT2D eigenvalue weighted by Gasteiger charge is 2.29. The fourth-order valence-corrected chi connectivity index (χ4v) is 6.29. The van der Waals surface area contributed by atoms with Gasteiger partial charge < -0.3 is 33.6 Å². The molecule has 0 bridgehead atoms. The van der Waals surface area contributed by atoms with Crippen LogP contribution in [-0.4, -0.2) is 78.9 Å². The Balaban J connectivity index is 1.47. The summed E-state index contributed by atoms with van der Waals surface area (Å²) in [6.07, 6.45) is 1.76. The van der Waals surface area contributed by atoms with Crippen LogP contribution < -0.4 is 10.3 Å². The van der Waals surface area contributed by atoms with Crippen LogP contribution in [0.2, 0.25) is 0 Å². The highest BCUT2D eigenvalue weighted by atomic mass is 32.2. The Morgan fingerprint density at radius 1 is 1.15 bits per heavy atom. The predicted octanol–water partition coefficient (Wildman–Crippen LogP) is 3.17. The molecule has 0 radical (unpaired) electrons. The van der Waals surface area contributed by atoms with Crippen molar-refractivity contribution in [3.8, 4) is 5.75 Å². The number of hydrogen-bond donors (Lipinski definition) is 1. The number of nitrogens with zero attached hydrogens (tertiary/aromatic N) is 4. The number of ether oxygens (including phenoxy) is 3. The highest BCUT2D eigenvalue weighted by Crippen LogP contribution is 2.28. The smallest absolute Gasteiger partial charge is 0.302 e. The molecule has 248 valence electrons. The Labute approximate surface area is 274 Å². The second-order valence-electron chi connectivity index (χ2n) is 11.2. The molecule has 4 unspecified atom stereocenters. The van der Waals surface area contributed by atoms with Crippen LogP contribution in [0.1, 0.15) is 47.3 Å². The number of aliphatic hydroxyl groups excluding tert-OH is 1. The Hall–Kier alpha value is -4.37. The van der Waals surface area contributed by atoms with E-state index >= 15 is 0 Å². The summed E-state index contributed by atoms with van der Waals surface area (Å²) in [4.78, 5) is 59.2. The van der Waals surface area contributed by atoms with E-state index in [1.54, 1.807) is 29.2 Å². The Bertz CT molecular complexity index is 1800. The van der Waals surface area contributed by atoms with Gasteiger partial charge in [0.1, 0.15) is 25.3 Å². The molecule has 1 aliphatic heterocycles. The van der Waals surface area contributed by atoms with Crippen molar-refractivity contribution in [1.29, 1.82) is 0 Å². The fraction of sp³-hybridized carbons (Fsp3) is 0.364. The molecule has 4 aromatic rings. The van der Waals surface area contributed by atoms with E-state index < -0.39 is 28.0 Å². The van der Waals surface area contributed by atoms with Gasteiger partial charge >= 0.3 is 5.56 Å². The van der Waals surface area contributed by atoms with Crippen LogP contribution in [0.15, 0.2) is 65.7 Å². The summed E-state index contributed by atoms with van der Waals surface area (Å²) in [6, 6.07) is 12.7. The zero-order valence-corrected chi connectivity index (χ0v) is 26.9. The van der Waals surface area contributed by atoms with E-state index in [1.807, 2.05) is 19.9 Å². The molecule has 12 nitrogen and oxygen atoms in total. The van der Waals surface area contributed by atoms with Gasteiger partial charge in [0.25, 0.3) is 0 Å². The SMILES string of the molecule is COC(O)c1cc(F)ccc1CC(C=O)SC(=O)c1nc2n(CC(=O)N3CC(C)OC(C)C3)ccn2c(=O)c1OCc1ccccc1. The Morgan fingerprint density at radius 3 is 2.55 bits per heavy atom. The Kier molecular flexibility index (Phi) is 10.9. The lowest BCUT2D eigenvalue weighted by atomic mass is 10.0. The number of aldehydes is 1. The van der Waals surface area contributed by atoms with Crippen molar-refractivity contribution in [1.82, 2.24) is 18.9 Å². The van der Waals surface area contributed by atoms with E-state index in [0.29, 0.717) is 36.7 Å². The number of thioether (sulfide) groups is 1. The molecule has 2 aromatic carbocycles. The molecule has 4 atom stereocenters. The minimum absolute atomic E-state index is 0.0354. The topological polar surface area (TPSA) is 142 Å². The van der Waals surface area contributed by atoms with Crippen molar-refractivity contribution in [3.63, 3.8) is 0 Å². The summed E-state index contributed by atoms with van der Waals surface area (Å²) < 4.78 is 33.2. The molecule has 14 heteroatoms. The first-order valence-electron chi connectivity index (χ1n) is 14.9. The number of carbonyl (C=O) groups excluding carboxylic acids is 3. The van der Waals surface area contributed by atoms with E-state index in [9.17, 15) is 28.7 Å². The summed E-state index contributed by atoms with van der Waals surface area (Å²) in [5, 5.41) is 8.50. The molecule has 0 spiro atoms. The highest BCUT2D eigenvalue weighted by molar-refractivity contribution is 8.15. The molecule has 0 aliphatic carbocycles. The number of benzene rings is 2. The monoisotopic (exact) mass is 666 g/mol. The second kappa shape index (κ2) is 15.0. The quantitative estimate of drug-likeness (QED) is 0.177. The molecule has 5 rings (SSSR count). The Morgan fingerprint density at radius 2 is 1.87 bits per heavy atom. The van der Waals surface area contributed by atoms with Gasteiger partial charge in [-0.2, -0.15) is 0 Å². The lowest BCUT2D eigenvalue weighted by molar-refractivity contribution is -0.143. The molecule has 1 saturated heterocycles. The zero-order chi connectivity index (χ0) is 33.7. The number of methoxy groups -OCH3 is 1. The molecular weight excluding hydrogens is 631 g/mol. The maximum absolute atomic E-state index is 13.9. The number of carbonyl (C=O) groups is 3. The molecule has 1 amide bonds. The summed E-state index contributed by atoms with van der Waals surface area (Å²) in [5.74, 6) is -1.09. The summed E-state index contributed by atoms with van der Waals surface area (Å²) in [6.45, 7) is 4.43. The van der Waals surface area contributed by atoms with Gasteiger partial charge in [0.2, 0.25) is 22.5 Å². The van der Waals surface area contributed by atoms with E-state index in [4.69, 9.17) is 14.2 Å². The third kappa shape index (κ3) is 7.96. The number of imidazole rings is 1. The van der Waals surface area contributed by atoms with Crippen LogP contribution >= 0.6 is 11.8 Å². The number of aliphatic hydroxyl groups is 1. The number of rotatable bonds is 12. The number of aromatic nitrogens is 3. The largest absolute Gasteiger partial charge is 0.481 e. The van der Waals surface area contributed by atoms with E-state index in [2.05, 4.69) is 4.98 Å². The number of fused-ring (bicyclic) bond motifs is 1. The summed E-state index contributed by atoms with van der Waals surface area (Å²) >= 11 is 0.611.